The molecule has 1 N–H and O–H groups in total. The van der Waals surface area contributed by atoms with E-state index in [-0.39, 0.29) is 5.82 Å². The summed E-state index contributed by atoms with van der Waals surface area (Å²) in [6.45, 7) is 5.72. The first kappa shape index (κ1) is 14.5. The number of halogens is 1. The summed E-state index contributed by atoms with van der Waals surface area (Å²) in [7, 11) is 0. The van der Waals surface area contributed by atoms with Crippen LogP contribution in [0.2, 0.25) is 0 Å². The molecule has 0 amide bonds. The van der Waals surface area contributed by atoms with Crippen LogP contribution in [0.4, 0.5) is 4.39 Å². The zero-order chi connectivity index (χ0) is 17.1. The lowest BCUT2D eigenvalue weighted by atomic mass is 10.0. The highest BCUT2D eigenvalue weighted by Gasteiger charge is 2.22. The minimum Gasteiger partial charge on any atom is -0.315 e. The van der Waals surface area contributed by atoms with Crippen LogP contribution >= 0.6 is 0 Å². The zero-order valence-corrected chi connectivity index (χ0v) is 14.0. The fourth-order valence-corrected chi connectivity index (χ4v) is 3.30. The molecule has 1 saturated heterocycles. The molecule has 1 aliphatic heterocycles. The van der Waals surface area contributed by atoms with Gasteiger partial charge in [-0.3, -0.25) is 0 Å². The van der Waals surface area contributed by atoms with E-state index >= 15 is 0 Å². The van der Waals surface area contributed by atoms with E-state index in [1.807, 2.05) is 38.5 Å². The van der Waals surface area contributed by atoms with Gasteiger partial charge >= 0.3 is 0 Å². The quantitative estimate of drug-likeness (QED) is 0.611. The van der Waals surface area contributed by atoms with Crippen LogP contribution < -0.4 is 5.32 Å². The number of rotatable bonds is 2. The van der Waals surface area contributed by atoms with Crippen molar-refractivity contribution < 1.29 is 4.39 Å². The van der Waals surface area contributed by atoms with Crippen LogP contribution in [0.5, 0.6) is 0 Å². The molecule has 6 nitrogen and oxygen atoms in total. The molecule has 0 unspecified atom stereocenters. The zero-order valence-electron chi connectivity index (χ0n) is 14.0. The second kappa shape index (κ2) is 5.10. The van der Waals surface area contributed by atoms with E-state index in [2.05, 4.69) is 20.4 Å². The predicted octanol–water partition coefficient (Wildman–Crippen LogP) is 2.49. The Labute approximate surface area is 143 Å². The topological polar surface area (TPSA) is 59.5 Å². The molecule has 5 heterocycles. The highest BCUT2D eigenvalue weighted by molar-refractivity contribution is 5.64. The molecule has 0 bridgehead atoms. The van der Waals surface area contributed by atoms with Crippen molar-refractivity contribution in [1.82, 2.24) is 29.3 Å². The standard InChI is InChI=1S/C18H17FN6/c1-10-3-15(23-25-7-11(2)21-17(10)25)12-4-14(19)18-22-16(9-24(18)8-12)13-5-20-6-13/h3-4,7-9,13,20H,5-6H2,1-2H3. The third-order valence-electron chi connectivity index (χ3n) is 4.75. The minimum absolute atomic E-state index is 0.336. The van der Waals surface area contributed by atoms with Gasteiger partial charge in [0.2, 0.25) is 0 Å². The van der Waals surface area contributed by atoms with Crippen molar-refractivity contribution in [3.8, 4) is 11.3 Å². The number of nitrogens with one attached hydrogen (secondary N) is 1. The number of aromatic nitrogens is 5. The summed E-state index contributed by atoms with van der Waals surface area (Å²) in [6, 6.07) is 3.44. The monoisotopic (exact) mass is 336 g/mol. The second-order valence-electron chi connectivity index (χ2n) is 6.69. The Bertz CT molecular complexity index is 1120. The van der Waals surface area contributed by atoms with Crippen molar-refractivity contribution in [2.75, 3.05) is 13.1 Å². The van der Waals surface area contributed by atoms with Crippen molar-refractivity contribution in [3.05, 3.63) is 53.5 Å². The van der Waals surface area contributed by atoms with Gasteiger partial charge < -0.3 is 9.72 Å². The molecule has 1 fully saturated rings. The van der Waals surface area contributed by atoms with Crippen LogP contribution in [0.3, 0.4) is 0 Å². The lowest BCUT2D eigenvalue weighted by molar-refractivity contribution is 0.441. The smallest absolute Gasteiger partial charge is 0.173 e. The largest absolute Gasteiger partial charge is 0.315 e. The molecular formula is C18H17FN6. The summed E-state index contributed by atoms with van der Waals surface area (Å²) in [4.78, 5) is 8.91. The Morgan fingerprint density at radius 3 is 2.68 bits per heavy atom. The summed E-state index contributed by atoms with van der Waals surface area (Å²) in [5, 5.41) is 7.81. The van der Waals surface area contributed by atoms with E-state index in [9.17, 15) is 4.39 Å². The van der Waals surface area contributed by atoms with Gasteiger partial charge in [-0.2, -0.15) is 5.10 Å². The molecule has 7 heteroatoms. The van der Waals surface area contributed by atoms with Crippen LogP contribution in [0.15, 0.2) is 30.7 Å². The molecule has 0 aliphatic carbocycles. The molecule has 0 spiro atoms. The summed E-state index contributed by atoms with van der Waals surface area (Å²) in [6.07, 6.45) is 5.68. The third kappa shape index (κ3) is 2.23. The number of pyridine rings is 1. The molecule has 1 aliphatic rings. The van der Waals surface area contributed by atoms with E-state index in [1.54, 1.807) is 8.92 Å². The van der Waals surface area contributed by atoms with Gasteiger partial charge in [-0.25, -0.2) is 18.9 Å². The fourth-order valence-electron chi connectivity index (χ4n) is 3.30. The first-order valence-electron chi connectivity index (χ1n) is 8.31. The normalized spacial score (nSPS) is 15.2. The summed E-state index contributed by atoms with van der Waals surface area (Å²) < 4.78 is 18.1. The second-order valence-corrected chi connectivity index (χ2v) is 6.69. The van der Waals surface area contributed by atoms with E-state index in [4.69, 9.17) is 0 Å². The third-order valence-corrected chi connectivity index (χ3v) is 4.75. The first-order chi connectivity index (χ1) is 12.1. The molecule has 0 aromatic carbocycles. The van der Waals surface area contributed by atoms with Gasteiger partial charge in [0.25, 0.3) is 0 Å². The molecule has 0 saturated carbocycles. The molecule has 0 atom stereocenters. The van der Waals surface area contributed by atoms with Crippen LogP contribution in [0, 0.1) is 19.7 Å². The maximum atomic E-state index is 14.6. The Morgan fingerprint density at radius 1 is 1.08 bits per heavy atom. The van der Waals surface area contributed by atoms with Gasteiger partial charge in [0, 0.05) is 37.0 Å². The van der Waals surface area contributed by atoms with Gasteiger partial charge in [-0.05, 0) is 31.5 Å². The molecule has 126 valence electrons. The van der Waals surface area contributed by atoms with Crippen molar-refractivity contribution in [2.24, 2.45) is 0 Å². The van der Waals surface area contributed by atoms with Crippen molar-refractivity contribution in [3.63, 3.8) is 0 Å². The van der Waals surface area contributed by atoms with Crippen LogP contribution in [-0.2, 0) is 0 Å². The maximum Gasteiger partial charge on any atom is 0.173 e. The van der Waals surface area contributed by atoms with Crippen LogP contribution in [0.1, 0.15) is 22.9 Å². The van der Waals surface area contributed by atoms with Gasteiger partial charge in [-0.1, -0.05) is 0 Å². The Balaban J connectivity index is 1.67. The summed E-state index contributed by atoms with van der Waals surface area (Å²) >= 11 is 0. The van der Waals surface area contributed by atoms with E-state index in [0.29, 0.717) is 17.3 Å². The van der Waals surface area contributed by atoms with Crippen molar-refractivity contribution in [2.45, 2.75) is 19.8 Å². The number of fused-ring (bicyclic) bond motifs is 2. The Morgan fingerprint density at radius 2 is 1.92 bits per heavy atom. The average molecular weight is 336 g/mol. The number of hydrogen-bond donors (Lipinski definition) is 1. The van der Waals surface area contributed by atoms with Crippen molar-refractivity contribution >= 4 is 11.3 Å². The van der Waals surface area contributed by atoms with Crippen LogP contribution in [-0.4, -0.2) is 37.1 Å². The predicted molar refractivity (Wildman–Crippen MR) is 92.2 cm³/mol. The molecule has 25 heavy (non-hydrogen) atoms. The molecular weight excluding hydrogens is 319 g/mol. The molecule has 4 aromatic heterocycles. The Hall–Kier alpha value is -2.80. The number of aryl methyl sites for hydroxylation is 2. The fraction of sp³-hybridized carbons (Fsp3) is 0.278. The number of nitrogens with zero attached hydrogens (tertiary/aromatic N) is 5. The molecule has 5 rings (SSSR count). The highest BCUT2D eigenvalue weighted by Crippen LogP contribution is 2.25. The van der Waals surface area contributed by atoms with E-state index in [1.165, 1.54) is 6.07 Å². The number of hydrogen-bond acceptors (Lipinski definition) is 4. The Kier molecular flexibility index (Phi) is 2.96. The summed E-state index contributed by atoms with van der Waals surface area (Å²) in [5.41, 5.74) is 5.46. The minimum atomic E-state index is -0.336. The first-order valence-corrected chi connectivity index (χ1v) is 8.31. The average Bonchev–Trinajstić information content (AvgIpc) is 3.08. The molecule has 0 radical (unpaired) electrons. The van der Waals surface area contributed by atoms with Gasteiger partial charge in [0.15, 0.2) is 17.1 Å². The maximum absolute atomic E-state index is 14.6. The number of imidazole rings is 2. The lowest BCUT2D eigenvalue weighted by Crippen LogP contribution is -2.40. The van der Waals surface area contributed by atoms with Crippen molar-refractivity contribution in [1.29, 1.82) is 0 Å². The lowest BCUT2D eigenvalue weighted by Gasteiger charge is -2.24. The summed E-state index contributed by atoms with van der Waals surface area (Å²) in [5.74, 6) is 0.0331. The SMILES string of the molecule is Cc1cn2nc(-c3cc(F)c4nc(C5CNC5)cn4c3)cc(C)c2n1. The van der Waals surface area contributed by atoms with Gasteiger partial charge in [0.05, 0.1) is 23.3 Å². The van der Waals surface area contributed by atoms with Crippen LogP contribution in [0.25, 0.3) is 22.6 Å². The van der Waals surface area contributed by atoms with E-state index < -0.39 is 0 Å². The molecule has 4 aromatic rings. The highest BCUT2D eigenvalue weighted by atomic mass is 19.1. The van der Waals surface area contributed by atoms with Gasteiger partial charge in [-0.15, -0.1) is 0 Å². The van der Waals surface area contributed by atoms with E-state index in [0.717, 1.165) is 41.3 Å². The van der Waals surface area contributed by atoms with Gasteiger partial charge in [0.1, 0.15) is 0 Å².